The first-order valence-electron chi connectivity index (χ1n) is 9.47. The topological polar surface area (TPSA) is 80.7 Å². The molecule has 2 aromatic carbocycles. The maximum atomic E-state index is 13.0. The first kappa shape index (κ1) is 21.5. The molecule has 0 aliphatic heterocycles. The molecular weight excluding hydrogens is 446 g/mol. The largest absolute Gasteiger partial charge is 0.295 e. The van der Waals surface area contributed by atoms with E-state index in [1.165, 1.54) is 46.0 Å². The molecule has 0 radical (unpaired) electrons. The quantitative estimate of drug-likeness (QED) is 0.279. The highest BCUT2D eigenvalue weighted by Crippen LogP contribution is 2.31. The summed E-state index contributed by atoms with van der Waals surface area (Å²) in [7, 11) is 0. The summed E-state index contributed by atoms with van der Waals surface area (Å²) in [5, 5.41) is 12.5. The molecule has 0 fully saturated rings. The minimum atomic E-state index is -0.324. The summed E-state index contributed by atoms with van der Waals surface area (Å²) >= 11 is 4.29. The van der Waals surface area contributed by atoms with Gasteiger partial charge in [-0.05, 0) is 37.1 Å². The number of carbonyl (C=O) groups excluding carboxylic acids is 1. The van der Waals surface area contributed by atoms with Crippen LogP contribution in [0, 0.1) is 13.8 Å². The average Bonchev–Trinajstić information content (AvgIpc) is 3.19. The Hall–Kier alpha value is -2.75. The summed E-state index contributed by atoms with van der Waals surface area (Å²) in [4.78, 5) is 23.8. The van der Waals surface area contributed by atoms with Crippen LogP contribution in [-0.2, 0) is 5.75 Å². The lowest BCUT2D eigenvalue weighted by Gasteiger charge is -2.10. The summed E-state index contributed by atoms with van der Waals surface area (Å²) < 4.78 is 0. The number of anilines is 1. The van der Waals surface area contributed by atoms with Crippen LogP contribution in [0.5, 0.6) is 0 Å². The van der Waals surface area contributed by atoms with Crippen LogP contribution in [0.4, 0.5) is 5.13 Å². The standard InChI is InChI=1S/C22H19N5OS3/c1-14-8-6-7-9-16(14)13-29-21-23-12-18(31-17-10-4-3-5-11-17)19(24-21)20(28)25-22-27-26-15(2)30-22/h3-12H,13H2,1-2H3,(H,25,27,28). The van der Waals surface area contributed by atoms with E-state index in [0.29, 0.717) is 20.9 Å². The van der Waals surface area contributed by atoms with E-state index in [9.17, 15) is 4.79 Å². The molecule has 156 valence electrons. The monoisotopic (exact) mass is 465 g/mol. The summed E-state index contributed by atoms with van der Waals surface area (Å²) in [6.45, 7) is 3.92. The molecule has 6 nitrogen and oxygen atoms in total. The third-order valence-corrected chi connectivity index (χ3v) is 6.97. The molecule has 0 atom stereocenters. The summed E-state index contributed by atoms with van der Waals surface area (Å²) in [5.74, 6) is 0.406. The van der Waals surface area contributed by atoms with Crippen LogP contribution in [0.2, 0.25) is 0 Å². The van der Waals surface area contributed by atoms with Crippen LogP contribution in [-0.4, -0.2) is 26.1 Å². The lowest BCUT2D eigenvalue weighted by molar-refractivity contribution is 0.101. The predicted molar refractivity (Wildman–Crippen MR) is 126 cm³/mol. The fourth-order valence-electron chi connectivity index (χ4n) is 2.69. The SMILES string of the molecule is Cc1nnc(NC(=O)c2nc(SCc3ccccc3C)ncc2Sc2ccccc2)s1. The molecule has 0 bridgehead atoms. The zero-order valence-corrected chi connectivity index (χ0v) is 19.4. The number of aryl methyl sites for hydroxylation is 2. The maximum absolute atomic E-state index is 13.0. The molecule has 0 aliphatic carbocycles. The van der Waals surface area contributed by atoms with Gasteiger partial charge in [0.25, 0.3) is 5.91 Å². The van der Waals surface area contributed by atoms with Crippen molar-refractivity contribution in [3.63, 3.8) is 0 Å². The van der Waals surface area contributed by atoms with Crippen molar-refractivity contribution in [1.82, 2.24) is 20.2 Å². The number of amides is 1. The van der Waals surface area contributed by atoms with Gasteiger partial charge < -0.3 is 0 Å². The van der Waals surface area contributed by atoms with E-state index in [0.717, 1.165) is 15.7 Å². The van der Waals surface area contributed by atoms with E-state index in [4.69, 9.17) is 0 Å². The molecule has 0 saturated heterocycles. The predicted octanol–water partition coefficient (Wildman–Crippen LogP) is 5.64. The second kappa shape index (κ2) is 10.0. The summed E-state index contributed by atoms with van der Waals surface area (Å²) in [6, 6.07) is 18.1. The summed E-state index contributed by atoms with van der Waals surface area (Å²) in [5.41, 5.74) is 2.76. The van der Waals surface area contributed by atoms with Gasteiger partial charge in [-0.2, -0.15) is 0 Å². The minimum absolute atomic E-state index is 0.323. The van der Waals surface area contributed by atoms with Gasteiger partial charge in [0.15, 0.2) is 5.16 Å². The third-order valence-electron chi connectivity index (χ3n) is 4.28. The van der Waals surface area contributed by atoms with Crippen molar-refractivity contribution in [2.45, 2.75) is 34.5 Å². The van der Waals surface area contributed by atoms with Gasteiger partial charge in [-0.25, -0.2) is 9.97 Å². The van der Waals surface area contributed by atoms with Crippen LogP contribution in [0.3, 0.4) is 0 Å². The van der Waals surface area contributed by atoms with Crippen molar-refractivity contribution < 1.29 is 4.79 Å². The van der Waals surface area contributed by atoms with Crippen molar-refractivity contribution in [3.8, 4) is 0 Å². The van der Waals surface area contributed by atoms with E-state index < -0.39 is 0 Å². The molecule has 9 heteroatoms. The highest BCUT2D eigenvalue weighted by atomic mass is 32.2. The van der Waals surface area contributed by atoms with Gasteiger partial charge in [0.2, 0.25) is 5.13 Å². The highest BCUT2D eigenvalue weighted by Gasteiger charge is 2.18. The average molecular weight is 466 g/mol. The van der Waals surface area contributed by atoms with E-state index in [2.05, 4.69) is 44.5 Å². The molecular formula is C22H19N5OS3. The Morgan fingerprint density at radius 2 is 1.81 bits per heavy atom. The first-order chi connectivity index (χ1) is 15.1. The van der Waals surface area contributed by atoms with Gasteiger partial charge in [-0.1, -0.05) is 77.3 Å². The second-order valence-electron chi connectivity index (χ2n) is 6.58. The Morgan fingerprint density at radius 3 is 2.55 bits per heavy atom. The van der Waals surface area contributed by atoms with E-state index >= 15 is 0 Å². The van der Waals surface area contributed by atoms with Gasteiger partial charge in [-0.3, -0.25) is 10.1 Å². The Labute approximate surface area is 193 Å². The van der Waals surface area contributed by atoms with Crippen molar-refractivity contribution in [2.75, 3.05) is 5.32 Å². The zero-order valence-electron chi connectivity index (χ0n) is 16.9. The lowest BCUT2D eigenvalue weighted by atomic mass is 10.1. The Bertz CT molecular complexity index is 1200. The van der Waals surface area contributed by atoms with Crippen molar-refractivity contribution >= 4 is 45.9 Å². The molecule has 0 aliphatic rings. The maximum Gasteiger partial charge on any atom is 0.277 e. The van der Waals surface area contributed by atoms with Crippen molar-refractivity contribution in [2.24, 2.45) is 0 Å². The molecule has 31 heavy (non-hydrogen) atoms. The molecule has 1 N–H and O–H groups in total. The number of hydrogen-bond acceptors (Lipinski definition) is 8. The second-order valence-corrected chi connectivity index (χ2v) is 9.82. The molecule has 4 aromatic rings. The van der Waals surface area contributed by atoms with Crippen LogP contribution >= 0.6 is 34.9 Å². The number of nitrogens with one attached hydrogen (secondary N) is 1. The van der Waals surface area contributed by atoms with Gasteiger partial charge in [0.1, 0.15) is 10.7 Å². The molecule has 0 unspecified atom stereocenters. The van der Waals surface area contributed by atoms with Crippen molar-refractivity contribution in [1.29, 1.82) is 0 Å². The molecule has 0 saturated carbocycles. The van der Waals surface area contributed by atoms with Gasteiger partial charge in [0, 0.05) is 16.8 Å². The molecule has 1 amide bonds. The number of carbonyl (C=O) groups is 1. The van der Waals surface area contributed by atoms with Gasteiger partial charge in [0.05, 0.1) is 4.90 Å². The number of hydrogen-bond donors (Lipinski definition) is 1. The van der Waals surface area contributed by atoms with E-state index in [1.807, 2.05) is 49.4 Å². The molecule has 4 rings (SSSR count). The smallest absolute Gasteiger partial charge is 0.277 e. The Kier molecular flexibility index (Phi) is 6.96. The van der Waals surface area contributed by atoms with Crippen LogP contribution in [0.25, 0.3) is 0 Å². The number of rotatable bonds is 7. The zero-order chi connectivity index (χ0) is 21.6. The van der Waals surface area contributed by atoms with Gasteiger partial charge >= 0.3 is 0 Å². The third kappa shape index (κ3) is 5.69. The Balaban J connectivity index is 1.59. The number of aromatic nitrogens is 4. The number of benzene rings is 2. The Morgan fingerprint density at radius 1 is 1.03 bits per heavy atom. The van der Waals surface area contributed by atoms with Crippen LogP contribution < -0.4 is 5.32 Å². The first-order valence-corrected chi connectivity index (χ1v) is 12.1. The number of nitrogens with zero attached hydrogens (tertiary/aromatic N) is 4. The van der Waals surface area contributed by atoms with E-state index in [1.54, 1.807) is 6.20 Å². The molecule has 2 aromatic heterocycles. The van der Waals surface area contributed by atoms with Crippen molar-refractivity contribution in [3.05, 3.63) is 82.6 Å². The highest BCUT2D eigenvalue weighted by molar-refractivity contribution is 7.99. The summed E-state index contributed by atoms with van der Waals surface area (Å²) in [6.07, 6.45) is 1.71. The van der Waals surface area contributed by atoms with Crippen LogP contribution in [0.1, 0.15) is 26.6 Å². The molecule has 0 spiro atoms. The van der Waals surface area contributed by atoms with Crippen LogP contribution in [0.15, 0.2) is 75.7 Å². The molecule has 2 heterocycles. The normalized spacial score (nSPS) is 10.8. The number of thioether (sulfide) groups is 1. The minimum Gasteiger partial charge on any atom is -0.295 e. The fraction of sp³-hybridized carbons (Fsp3) is 0.136. The lowest BCUT2D eigenvalue weighted by Crippen LogP contribution is -2.15. The van der Waals surface area contributed by atoms with Gasteiger partial charge in [-0.15, -0.1) is 10.2 Å². The fourth-order valence-corrected chi connectivity index (χ4v) is 5.06. The van der Waals surface area contributed by atoms with E-state index in [-0.39, 0.29) is 5.91 Å².